The van der Waals surface area contributed by atoms with Gasteiger partial charge in [0, 0.05) is 6.42 Å². The lowest BCUT2D eigenvalue weighted by molar-refractivity contribution is -0.142. The van der Waals surface area contributed by atoms with Gasteiger partial charge in [-0.1, -0.05) is 72.8 Å². The lowest BCUT2D eigenvalue weighted by atomic mass is 9.95. The van der Waals surface area contributed by atoms with Crippen LogP contribution in [0.25, 0.3) is 10.9 Å². The lowest BCUT2D eigenvalue weighted by Gasteiger charge is -2.43. The molecule has 0 spiro atoms. The van der Waals surface area contributed by atoms with Crippen LogP contribution in [0.1, 0.15) is 48.9 Å². The Morgan fingerprint density at radius 2 is 1.50 bits per heavy atom. The molecule has 1 aliphatic rings. The molecule has 0 bridgehead atoms. The van der Waals surface area contributed by atoms with Gasteiger partial charge in [-0.05, 0) is 37.1 Å². The molecule has 4 aromatic rings. The molecule has 0 N–H and O–H groups in total. The number of aromatic nitrogens is 2. The number of carbonyl (C=O) groups excluding carboxylic acids is 1. The van der Waals surface area contributed by atoms with E-state index in [0.717, 1.165) is 11.1 Å². The van der Waals surface area contributed by atoms with Crippen molar-refractivity contribution in [3.05, 3.63) is 112 Å². The summed E-state index contributed by atoms with van der Waals surface area (Å²) in [5.74, 6) is 0.585. The largest absolute Gasteiger partial charge is 0.324 e. The fourth-order valence-corrected chi connectivity index (χ4v) is 4.76. The Morgan fingerprint density at radius 3 is 2.22 bits per heavy atom. The zero-order chi connectivity index (χ0) is 22.2. The van der Waals surface area contributed by atoms with Gasteiger partial charge in [0.1, 0.15) is 11.9 Å². The third-order valence-electron chi connectivity index (χ3n) is 6.44. The summed E-state index contributed by atoms with van der Waals surface area (Å²) >= 11 is 0. The maximum atomic E-state index is 13.7. The van der Waals surface area contributed by atoms with Crippen molar-refractivity contribution in [2.75, 3.05) is 0 Å². The van der Waals surface area contributed by atoms with Gasteiger partial charge in [-0.15, -0.1) is 0 Å². The fourth-order valence-electron chi connectivity index (χ4n) is 4.76. The van der Waals surface area contributed by atoms with E-state index in [1.165, 1.54) is 0 Å². The molecule has 3 atom stereocenters. The Morgan fingerprint density at radius 1 is 0.875 bits per heavy atom. The second-order valence-corrected chi connectivity index (χ2v) is 8.38. The molecule has 0 aliphatic carbocycles. The number of rotatable bonds is 4. The van der Waals surface area contributed by atoms with Gasteiger partial charge in [0.15, 0.2) is 0 Å². The van der Waals surface area contributed by atoms with Crippen LogP contribution >= 0.6 is 0 Å². The van der Waals surface area contributed by atoms with Crippen molar-refractivity contribution in [3.63, 3.8) is 0 Å². The minimum absolute atomic E-state index is 0.0611. The summed E-state index contributed by atoms with van der Waals surface area (Å²) < 4.78 is 1.60. The first-order valence-corrected chi connectivity index (χ1v) is 11.0. The molecule has 160 valence electrons. The highest BCUT2D eigenvalue weighted by Crippen LogP contribution is 2.38. The lowest BCUT2D eigenvalue weighted by Crippen LogP contribution is -2.50. The number of amides is 1. The molecule has 0 saturated heterocycles. The van der Waals surface area contributed by atoms with Crippen LogP contribution in [-0.4, -0.2) is 20.4 Å². The first-order valence-electron chi connectivity index (χ1n) is 11.0. The quantitative estimate of drug-likeness (QED) is 0.472. The summed E-state index contributed by atoms with van der Waals surface area (Å²) in [6, 6.07) is 26.3. The second kappa shape index (κ2) is 8.08. The predicted molar refractivity (Wildman–Crippen MR) is 125 cm³/mol. The molecule has 2 heterocycles. The number of carbonyl (C=O) groups is 1. The van der Waals surface area contributed by atoms with Gasteiger partial charge in [-0.3, -0.25) is 14.2 Å². The monoisotopic (exact) mass is 423 g/mol. The smallest absolute Gasteiger partial charge is 0.262 e. The van der Waals surface area contributed by atoms with Gasteiger partial charge in [0.25, 0.3) is 5.56 Å². The van der Waals surface area contributed by atoms with Gasteiger partial charge < -0.3 is 4.90 Å². The van der Waals surface area contributed by atoms with Gasteiger partial charge in [0.2, 0.25) is 5.91 Å². The molecule has 1 aliphatic heterocycles. The van der Waals surface area contributed by atoms with E-state index in [2.05, 4.69) is 12.1 Å². The molecular formula is C27H25N3O2. The standard InChI is InChI=1S/C27H25N3O2/c1-18(21-13-7-4-8-14-21)29-24(17-20-11-5-3-6-12-20)25-28-23-16-10-9-15-22(23)27(32)30(25)19(2)26(29)31/h3-16,18-19,24H,17H2,1-2H3/t18-,19+,24-/m1/s1. The van der Waals surface area contributed by atoms with E-state index >= 15 is 0 Å². The minimum atomic E-state index is -0.618. The summed E-state index contributed by atoms with van der Waals surface area (Å²) in [6.07, 6.45) is 0.585. The molecular weight excluding hydrogens is 398 g/mol. The number of para-hydroxylation sites is 1. The molecule has 1 amide bonds. The van der Waals surface area contributed by atoms with Gasteiger partial charge in [0.05, 0.1) is 23.0 Å². The summed E-state index contributed by atoms with van der Waals surface area (Å²) in [5.41, 5.74) is 2.66. The molecule has 0 unspecified atom stereocenters. The van der Waals surface area contributed by atoms with E-state index in [-0.39, 0.29) is 23.6 Å². The number of nitrogens with zero attached hydrogens (tertiary/aromatic N) is 3. The molecule has 32 heavy (non-hydrogen) atoms. The molecule has 0 radical (unpaired) electrons. The highest BCUT2D eigenvalue weighted by molar-refractivity contribution is 5.84. The summed E-state index contributed by atoms with van der Waals surface area (Å²) in [4.78, 5) is 34.0. The number of fused-ring (bicyclic) bond motifs is 2. The van der Waals surface area contributed by atoms with E-state index in [1.54, 1.807) is 17.6 Å². The molecule has 3 aromatic carbocycles. The Hall–Kier alpha value is -3.73. The summed E-state index contributed by atoms with van der Waals surface area (Å²) in [5, 5.41) is 0.541. The third kappa shape index (κ3) is 3.30. The third-order valence-corrected chi connectivity index (χ3v) is 6.44. The first-order chi connectivity index (χ1) is 15.6. The van der Waals surface area contributed by atoms with Crippen LogP contribution in [0, 0.1) is 0 Å². The maximum absolute atomic E-state index is 13.7. The normalized spacial score (nSPS) is 19.1. The molecule has 1 aromatic heterocycles. The fraction of sp³-hybridized carbons (Fsp3) is 0.222. The molecule has 5 nitrogen and oxygen atoms in total. The van der Waals surface area contributed by atoms with Crippen LogP contribution in [0.4, 0.5) is 0 Å². The van der Waals surface area contributed by atoms with Crippen LogP contribution in [-0.2, 0) is 11.2 Å². The van der Waals surface area contributed by atoms with Crippen molar-refractivity contribution in [2.24, 2.45) is 0 Å². The highest BCUT2D eigenvalue weighted by atomic mass is 16.2. The number of benzene rings is 3. The van der Waals surface area contributed by atoms with Crippen LogP contribution < -0.4 is 5.56 Å². The van der Waals surface area contributed by atoms with E-state index in [4.69, 9.17) is 4.98 Å². The van der Waals surface area contributed by atoms with Gasteiger partial charge >= 0.3 is 0 Å². The van der Waals surface area contributed by atoms with E-state index in [1.807, 2.05) is 78.6 Å². The van der Waals surface area contributed by atoms with Crippen molar-refractivity contribution < 1.29 is 4.79 Å². The van der Waals surface area contributed by atoms with Crippen molar-refractivity contribution in [2.45, 2.75) is 38.4 Å². The SMILES string of the molecule is C[C@H](c1ccccc1)N1C(=O)[C@H](C)n2c(nc3ccccc3c2=O)[C@H]1Cc1ccccc1. The molecule has 0 saturated carbocycles. The molecule has 0 fully saturated rings. The summed E-state index contributed by atoms with van der Waals surface area (Å²) in [6.45, 7) is 3.85. The highest BCUT2D eigenvalue weighted by Gasteiger charge is 2.42. The van der Waals surface area contributed by atoms with Crippen LogP contribution in [0.3, 0.4) is 0 Å². The zero-order valence-electron chi connectivity index (χ0n) is 18.2. The first kappa shape index (κ1) is 20.2. The zero-order valence-corrected chi connectivity index (χ0v) is 18.2. The minimum Gasteiger partial charge on any atom is -0.324 e. The van der Waals surface area contributed by atoms with Crippen LogP contribution in [0.15, 0.2) is 89.7 Å². The van der Waals surface area contributed by atoms with Crippen molar-refractivity contribution in [3.8, 4) is 0 Å². The van der Waals surface area contributed by atoms with Crippen LogP contribution in [0.5, 0.6) is 0 Å². The van der Waals surface area contributed by atoms with E-state index in [0.29, 0.717) is 23.1 Å². The van der Waals surface area contributed by atoms with Gasteiger partial charge in [-0.25, -0.2) is 4.98 Å². The second-order valence-electron chi connectivity index (χ2n) is 8.38. The van der Waals surface area contributed by atoms with Crippen molar-refractivity contribution in [1.82, 2.24) is 14.5 Å². The maximum Gasteiger partial charge on any atom is 0.262 e. The van der Waals surface area contributed by atoms with E-state index in [9.17, 15) is 9.59 Å². The average molecular weight is 424 g/mol. The Balaban J connectivity index is 1.73. The Labute approximate surface area is 187 Å². The Bertz CT molecular complexity index is 1330. The molecule has 5 heteroatoms. The average Bonchev–Trinajstić information content (AvgIpc) is 2.83. The van der Waals surface area contributed by atoms with Crippen LogP contribution in [0.2, 0.25) is 0 Å². The topological polar surface area (TPSA) is 55.2 Å². The Kier molecular flexibility index (Phi) is 5.10. The number of hydrogen-bond acceptors (Lipinski definition) is 3. The van der Waals surface area contributed by atoms with Crippen molar-refractivity contribution in [1.29, 1.82) is 0 Å². The number of hydrogen-bond donors (Lipinski definition) is 0. The van der Waals surface area contributed by atoms with Crippen molar-refractivity contribution >= 4 is 16.8 Å². The van der Waals surface area contributed by atoms with E-state index < -0.39 is 6.04 Å². The molecule has 5 rings (SSSR count). The summed E-state index contributed by atoms with van der Waals surface area (Å²) in [7, 11) is 0. The predicted octanol–water partition coefficient (Wildman–Crippen LogP) is 4.84. The van der Waals surface area contributed by atoms with Gasteiger partial charge in [-0.2, -0.15) is 0 Å².